The molecule has 90 valence electrons. The number of aliphatic hydroxyl groups is 1. The smallest absolute Gasteiger partial charge is 0.435 e. The van der Waals surface area contributed by atoms with E-state index in [1.807, 2.05) is 5.10 Å². The van der Waals surface area contributed by atoms with E-state index < -0.39 is 29.9 Å². The molecular formula is C8H9F3N2O3. The lowest BCUT2D eigenvalue weighted by Gasteiger charge is -2.15. The predicted molar refractivity (Wildman–Crippen MR) is 45.6 cm³/mol. The summed E-state index contributed by atoms with van der Waals surface area (Å²) in [6, 6.07) is 0.664. The van der Waals surface area contributed by atoms with Crippen molar-refractivity contribution >= 4 is 5.97 Å². The maximum Gasteiger partial charge on any atom is 0.435 e. The SMILES string of the molecule is CC(O)(Cc1cc(C(F)(F)F)n[nH]1)C(=O)O. The fourth-order valence-corrected chi connectivity index (χ4v) is 1.04. The van der Waals surface area contributed by atoms with Gasteiger partial charge in [0.2, 0.25) is 0 Å². The highest BCUT2D eigenvalue weighted by atomic mass is 19.4. The highest BCUT2D eigenvalue weighted by Crippen LogP contribution is 2.28. The largest absolute Gasteiger partial charge is 0.479 e. The quantitative estimate of drug-likeness (QED) is 0.727. The molecule has 1 rings (SSSR count). The maximum absolute atomic E-state index is 12.1. The number of alkyl halides is 3. The molecule has 3 N–H and O–H groups in total. The van der Waals surface area contributed by atoms with Gasteiger partial charge in [0.1, 0.15) is 0 Å². The second kappa shape index (κ2) is 3.78. The predicted octanol–water partition coefficient (Wildman–Crippen LogP) is 0.807. The van der Waals surface area contributed by atoms with Crippen LogP contribution in [0.1, 0.15) is 18.3 Å². The summed E-state index contributed by atoms with van der Waals surface area (Å²) < 4.78 is 36.4. The van der Waals surface area contributed by atoms with Crippen LogP contribution in [-0.2, 0) is 17.4 Å². The molecule has 1 aromatic rings. The summed E-state index contributed by atoms with van der Waals surface area (Å²) in [6.45, 7) is 0.990. The number of carboxylic acids is 1. The molecule has 16 heavy (non-hydrogen) atoms. The van der Waals surface area contributed by atoms with Crippen molar-refractivity contribution in [1.29, 1.82) is 0 Å². The molecule has 8 heteroatoms. The Balaban J connectivity index is 2.85. The molecule has 0 aliphatic heterocycles. The summed E-state index contributed by atoms with van der Waals surface area (Å²) >= 11 is 0. The average Bonchev–Trinajstić information content (AvgIpc) is 2.50. The summed E-state index contributed by atoms with van der Waals surface area (Å²) in [5.74, 6) is -1.52. The van der Waals surface area contributed by atoms with Gasteiger partial charge in [0.05, 0.1) is 0 Å². The van der Waals surface area contributed by atoms with Gasteiger partial charge in [-0.2, -0.15) is 18.3 Å². The van der Waals surface area contributed by atoms with Crippen LogP contribution in [0.15, 0.2) is 6.07 Å². The summed E-state index contributed by atoms with van der Waals surface area (Å²) in [4.78, 5) is 10.5. The van der Waals surface area contributed by atoms with Gasteiger partial charge in [0, 0.05) is 12.1 Å². The number of aromatic nitrogens is 2. The molecule has 1 unspecified atom stereocenters. The standard InChI is InChI=1S/C8H9F3N2O3/c1-7(16,6(14)15)3-4-2-5(13-12-4)8(9,10)11/h2,16H,3H2,1H3,(H,12,13)(H,14,15). The number of halogens is 3. The van der Waals surface area contributed by atoms with E-state index in [0.717, 1.165) is 6.92 Å². The average molecular weight is 238 g/mol. The van der Waals surface area contributed by atoms with Crippen molar-refractivity contribution in [2.45, 2.75) is 25.1 Å². The van der Waals surface area contributed by atoms with Gasteiger partial charge in [-0.25, -0.2) is 4.79 Å². The number of hydrogen-bond acceptors (Lipinski definition) is 3. The van der Waals surface area contributed by atoms with Gasteiger partial charge in [-0.15, -0.1) is 0 Å². The molecule has 0 saturated heterocycles. The second-order valence-corrected chi connectivity index (χ2v) is 3.53. The van der Waals surface area contributed by atoms with Crippen molar-refractivity contribution in [2.75, 3.05) is 0 Å². The Morgan fingerprint density at radius 1 is 1.56 bits per heavy atom. The van der Waals surface area contributed by atoms with Crippen LogP contribution in [0.5, 0.6) is 0 Å². The first kappa shape index (κ1) is 12.5. The van der Waals surface area contributed by atoms with E-state index >= 15 is 0 Å². The fraction of sp³-hybridized carbons (Fsp3) is 0.500. The molecule has 0 bridgehead atoms. The van der Waals surface area contributed by atoms with E-state index in [-0.39, 0.29) is 5.69 Å². The molecule has 0 amide bonds. The van der Waals surface area contributed by atoms with Crippen LogP contribution in [0.4, 0.5) is 13.2 Å². The zero-order valence-corrected chi connectivity index (χ0v) is 8.17. The van der Waals surface area contributed by atoms with Crippen LogP contribution in [-0.4, -0.2) is 32.0 Å². The number of carbonyl (C=O) groups is 1. The third-order valence-electron chi connectivity index (χ3n) is 1.92. The number of nitrogens with zero attached hydrogens (tertiary/aromatic N) is 1. The molecule has 1 heterocycles. The summed E-state index contributed by atoms with van der Waals surface area (Å²) in [5.41, 5.74) is -3.38. The lowest BCUT2D eigenvalue weighted by atomic mass is 10.0. The normalized spacial score (nSPS) is 15.8. The Hall–Kier alpha value is -1.57. The highest BCUT2D eigenvalue weighted by molar-refractivity contribution is 5.76. The summed E-state index contributed by atoms with van der Waals surface area (Å²) in [7, 11) is 0. The lowest BCUT2D eigenvalue weighted by Crippen LogP contribution is -2.37. The molecule has 0 fully saturated rings. The molecule has 0 aromatic carbocycles. The second-order valence-electron chi connectivity index (χ2n) is 3.53. The zero-order chi connectivity index (χ0) is 12.6. The molecule has 0 saturated carbocycles. The van der Waals surface area contributed by atoms with Crippen molar-refractivity contribution < 1.29 is 28.2 Å². The first-order valence-corrected chi connectivity index (χ1v) is 4.20. The summed E-state index contributed by atoms with van der Waals surface area (Å²) in [6.07, 6.45) is -5.07. The van der Waals surface area contributed by atoms with E-state index in [4.69, 9.17) is 5.11 Å². The number of aromatic amines is 1. The molecule has 1 atom stereocenters. The van der Waals surface area contributed by atoms with Gasteiger partial charge >= 0.3 is 12.1 Å². The molecule has 1 aromatic heterocycles. The van der Waals surface area contributed by atoms with Crippen LogP contribution < -0.4 is 0 Å². The number of hydrogen-bond donors (Lipinski definition) is 3. The van der Waals surface area contributed by atoms with E-state index in [2.05, 4.69) is 5.10 Å². The van der Waals surface area contributed by atoms with Crippen LogP contribution in [0.2, 0.25) is 0 Å². The van der Waals surface area contributed by atoms with Gasteiger partial charge in [-0.05, 0) is 13.0 Å². The molecule has 5 nitrogen and oxygen atoms in total. The minimum Gasteiger partial charge on any atom is -0.479 e. The Kier molecular flexibility index (Phi) is 2.95. The van der Waals surface area contributed by atoms with Crippen molar-refractivity contribution in [3.63, 3.8) is 0 Å². The number of carboxylic acid groups (broad SMARTS) is 1. The van der Waals surface area contributed by atoms with E-state index in [1.165, 1.54) is 0 Å². The molecule has 0 spiro atoms. The first-order valence-electron chi connectivity index (χ1n) is 4.20. The van der Waals surface area contributed by atoms with Gasteiger partial charge in [-0.1, -0.05) is 0 Å². The van der Waals surface area contributed by atoms with Crippen molar-refractivity contribution in [3.05, 3.63) is 17.5 Å². The monoisotopic (exact) mass is 238 g/mol. The van der Waals surface area contributed by atoms with Gasteiger partial charge in [0.15, 0.2) is 11.3 Å². The van der Waals surface area contributed by atoms with Crippen LogP contribution in [0.25, 0.3) is 0 Å². The lowest BCUT2D eigenvalue weighted by molar-refractivity contribution is -0.156. The Bertz CT molecular complexity index is 397. The Labute approximate surface area is 87.9 Å². The number of H-pyrrole nitrogens is 1. The topological polar surface area (TPSA) is 86.2 Å². The van der Waals surface area contributed by atoms with E-state index in [9.17, 15) is 23.1 Å². The molecule has 0 aliphatic carbocycles. The molecule has 0 aliphatic rings. The van der Waals surface area contributed by atoms with Crippen molar-refractivity contribution in [1.82, 2.24) is 10.2 Å². The number of aliphatic carboxylic acids is 1. The van der Waals surface area contributed by atoms with Crippen molar-refractivity contribution in [2.24, 2.45) is 0 Å². The zero-order valence-electron chi connectivity index (χ0n) is 8.17. The number of rotatable bonds is 3. The van der Waals surface area contributed by atoms with E-state index in [0.29, 0.717) is 6.07 Å². The fourth-order valence-electron chi connectivity index (χ4n) is 1.04. The minimum atomic E-state index is -4.59. The van der Waals surface area contributed by atoms with Crippen molar-refractivity contribution in [3.8, 4) is 0 Å². The minimum absolute atomic E-state index is 0.0975. The third kappa shape index (κ3) is 2.72. The highest BCUT2D eigenvalue weighted by Gasteiger charge is 2.36. The Morgan fingerprint density at radius 2 is 2.12 bits per heavy atom. The van der Waals surface area contributed by atoms with Gasteiger partial charge in [-0.3, -0.25) is 5.10 Å². The van der Waals surface area contributed by atoms with Gasteiger partial charge in [0.25, 0.3) is 0 Å². The van der Waals surface area contributed by atoms with Gasteiger partial charge < -0.3 is 10.2 Å². The Morgan fingerprint density at radius 3 is 2.50 bits per heavy atom. The van der Waals surface area contributed by atoms with Crippen LogP contribution in [0.3, 0.4) is 0 Å². The van der Waals surface area contributed by atoms with E-state index in [1.54, 1.807) is 0 Å². The molecule has 0 radical (unpaired) electrons. The van der Waals surface area contributed by atoms with Crippen LogP contribution >= 0.6 is 0 Å². The first-order chi connectivity index (χ1) is 7.13. The van der Waals surface area contributed by atoms with Crippen LogP contribution in [0, 0.1) is 0 Å². The molecular weight excluding hydrogens is 229 g/mol. The summed E-state index contributed by atoms with van der Waals surface area (Å²) in [5, 5.41) is 22.9. The maximum atomic E-state index is 12.1. The third-order valence-corrected chi connectivity index (χ3v) is 1.92. The number of nitrogens with one attached hydrogen (secondary N) is 1.